The Kier molecular flexibility index (Phi) is 3.27. The van der Waals surface area contributed by atoms with Crippen LogP contribution in [0.2, 0.25) is 5.02 Å². The van der Waals surface area contributed by atoms with Gasteiger partial charge in [0.2, 0.25) is 0 Å². The van der Waals surface area contributed by atoms with Crippen molar-refractivity contribution >= 4 is 11.6 Å². The molecule has 2 rings (SSSR count). The summed E-state index contributed by atoms with van der Waals surface area (Å²) in [6.45, 7) is 2.91. The van der Waals surface area contributed by atoms with Crippen molar-refractivity contribution in [1.29, 1.82) is 0 Å². The first kappa shape index (κ1) is 10.9. The average molecular weight is 228 g/mol. The maximum Gasteiger partial charge on any atom is 0.124 e. The second-order valence-corrected chi connectivity index (χ2v) is 4.65. The number of rotatable bonds is 4. The minimum absolute atomic E-state index is 0.279. The van der Waals surface area contributed by atoms with Gasteiger partial charge in [-0.05, 0) is 43.4 Å². The van der Waals surface area contributed by atoms with Crippen LogP contribution in [0.5, 0.6) is 0 Å². The average Bonchev–Trinajstić information content (AvgIpc) is 2.99. The highest BCUT2D eigenvalue weighted by molar-refractivity contribution is 6.31. The van der Waals surface area contributed by atoms with Crippen molar-refractivity contribution in [3.05, 3.63) is 34.6 Å². The standard InChI is InChI=1S/C12H15ClFN/c1-8(9-2-3-9)15-7-10-4-5-11(14)6-12(10)13/h4-6,8-9,15H,2-3,7H2,1H3. The van der Waals surface area contributed by atoms with Crippen LogP contribution in [0.1, 0.15) is 25.3 Å². The van der Waals surface area contributed by atoms with Gasteiger partial charge in [-0.3, -0.25) is 0 Å². The number of hydrogen-bond donors (Lipinski definition) is 1. The number of nitrogens with one attached hydrogen (secondary N) is 1. The third-order valence-corrected chi connectivity index (χ3v) is 3.31. The lowest BCUT2D eigenvalue weighted by Gasteiger charge is -2.13. The molecule has 0 aromatic heterocycles. The van der Waals surface area contributed by atoms with Gasteiger partial charge in [0.15, 0.2) is 0 Å². The van der Waals surface area contributed by atoms with Crippen LogP contribution in [-0.4, -0.2) is 6.04 Å². The van der Waals surface area contributed by atoms with Crippen LogP contribution in [0.15, 0.2) is 18.2 Å². The van der Waals surface area contributed by atoms with Crippen molar-refractivity contribution in [3.8, 4) is 0 Å². The van der Waals surface area contributed by atoms with E-state index < -0.39 is 0 Å². The van der Waals surface area contributed by atoms with Crippen molar-refractivity contribution in [2.24, 2.45) is 5.92 Å². The lowest BCUT2D eigenvalue weighted by molar-refractivity contribution is 0.496. The summed E-state index contributed by atoms with van der Waals surface area (Å²) in [6.07, 6.45) is 2.65. The normalized spacial score (nSPS) is 17.8. The largest absolute Gasteiger partial charge is 0.310 e. The molecule has 1 aliphatic carbocycles. The molecule has 15 heavy (non-hydrogen) atoms. The summed E-state index contributed by atoms with van der Waals surface area (Å²) in [4.78, 5) is 0. The molecule has 0 amide bonds. The zero-order chi connectivity index (χ0) is 10.8. The molecule has 0 bridgehead atoms. The van der Waals surface area contributed by atoms with Gasteiger partial charge >= 0.3 is 0 Å². The van der Waals surface area contributed by atoms with E-state index in [1.807, 2.05) is 0 Å². The van der Waals surface area contributed by atoms with E-state index in [1.165, 1.54) is 25.0 Å². The first-order valence-electron chi connectivity index (χ1n) is 5.34. The quantitative estimate of drug-likeness (QED) is 0.832. The fraction of sp³-hybridized carbons (Fsp3) is 0.500. The second-order valence-electron chi connectivity index (χ2n) is 4.24. The molecule has 1 fully saturated rings. The Balaban J connectivity index is 1.92. The Hall–Kier alpha value is -0.600. The molecule has 1 aliphatic rings. The predicted octanol–water partition coefficient (Wildman–Crippen LogP) is 3.37. The van der Waals surface area contributed by atoms with Crippen LogP contribution in [-0.2, 0) is 6.54 Å². The molecule has 1 atom stereocenters. The first-order valence-corrected chi connectivity index (χ1v) is 5.72. The second kappa shape index (κ2) is 4.50. The SMILES string of the molecule is CC(NCc1ccc(F)cc1Cl)C1CC1. The van der Waals surface area contributed by atoms with Gasteiger partial charge in [-0.2, -0.15) is 0 Å². The fourth-order valence-corrected chi connectivity index (χ4v) is 1.93. The zero-order valence-electron chi connectivity index (χ0n) is 8.76. The van der Waals surface area contributed by atoms with Gasteiger partial charge in [-0.25, -0.2) is 4.39 Å². The maximum absolute atomic E-state index is 12.8. The summed E-state index contributed by atoms with van der Waals surface area (Å²) in [6, 6.07) is 5.08. The highest BCUT2D eigenvalue weighted by Crippen LogP contribution is 2.32. The highest BCUT2D eigenvalue weighted by Gasteiger charge is 2.27. The molecule has 1 saturated carbocycles. The Morgan fingerprint density at radius 1 is 1.53 bits per heavy atom. The third kappa shape index (κ3) is 2.93. The van der Waals surface area contributed by atoms with Gasteiger partial charge in [0.1, 0.15) is 5.82 Å². The van der Waals surface area contributed by atoms with E-state index in [-0.39, 0.29) is 5.82 Å². The van der Waals surface area contributed by atoms with Crippen molar-refractivity contribution in [3.63, 3.8) is 0 Å². The number of halogens is 2. The summed E-state index contributed by atoms with van der Waals surface area (Å²) in [7, 11) is 0. The van der Waals surface area contributed by atoms with E-state index >= 15 is 0 Å². The minimum atomic E-state index is -0.279. The van der Waals surface area contributed by atoms with E-state index in [2.05, 4.69) is 12.2 Å². The maximum atomic E-state index is 12.8. The Morgan fingerprint density at radius 2 is 2.27 bits per heavy atom. The summed E-state index contributed by atoms with van der Waals surface area (Å²) < 4.78 is 12.8. The van der Waals surface area contributed by atoms with Gasteiger partial charge in [0.05, 0.1) is 0 Å². The monoisotopic (exact) mass is 227 g/mol. The van der Waals surface area contributed by atoms with Gasteiger partial charge in [0.25, 0.3) is 0 Å². The van der Waals surface area contributed by atoms with Gasteiger partial charge in [0, 0.05) is 17.6 Å². The molecule has 1 N–H and O–H groups in total. The first-order chi connectivity index (χ1) is 7.16. The summed E-state index contributed by atoms with van der Waals surface area (Å²) in [5.74, 6) is 0.545. The lowest BCUT2D eigenvalue weighted by atomic mass is 10.2. The van der Waals surface area contributed by atoms with Crippen LogP contribution in [0.3, 0.4) is 0 Å². The summed E-state index contributed by atoms with van der Waals surface area (Å²) in [5, 5.41) is 3.92. The zero-order valence-corrected chi connectivity index (χ0v) is 9.52. The highest BCUT2D eigenvalue weighted by atomic mass is 35.5. The van der Waals surface area contributed by atoms with Crippen molar-refractivity contribution in [1.82, 2.24) is 5.32 Å². The Labute approximate surface area is 94.6 Å². The van der Waals surface area contributed by atoms with Crippen LogP contribution < -0.4 is 5.32 Å². The lowest BCUT2D eigenvalue weighted by Crippen LogP contribution is -2.27. The van der Waals surface area contributed by atoms with Crippen molar-refractivity contribution in [2.75, 3.05) is 0 Å². The minimum Gasteiger partial charge on any atom is -0.310 e. The molecule has 0 saturated heterocycles. The summed E-state index contributed by atoms with van der Waals surface area (Å²) in [5.41, 5.74) is 0.963. The molecule has 1 unspecified atom stereocenters. The number of hydrogen-bond acceptors (Lipinski definition) is 1. The van der Waals surface area contributed by atoms with Crippen LogP contribution in [0.4, 0.5) is 4.39 Å². The van der Waals surface area contributed by atoms with E-state index in [0.29, 0.717) is 11.1 Å². The van der Waals surface area contributed by atoms with Crippen LogP contribution >= 0.6 is 11.6 Å². The Morgan fingerprint density at radius 3 is 2.87 bits per heavy atom. The van der Waals surface area contributed by atoms with Crippen molar-refractivity contribution < 1.29 is 4.39 Å². The molecule has 0 radical (unpaired) electrons. The molecule has 82 valence electrons. The van der Waals surface area contributed by atoms with E-state index in [0.717, 1.165) is 18.0 Å². The Bertz CT molecular complexity index is 349. The van der Waals surface area contributed by atoms with Crippen molar-refractivity contribution in [2.45, 2.75) is 32.4 Å². The van der Waals surface area contributed by atoms with E-state index in [1.54, 1.807) is 6.07 Å². The topological polar surface area (TPSA) is 12.0 Å². The van der Waals surface area contributed by atoms with Gasteiger partial charge in [-0.1, -0.05) is 17.7 Å². The predicted molar refractivity (Wildman–Crippen MR) is 60.4 cm³/mol. The van der Waals surface area contributed by atoms with E-state index in [4.69, 9.17) is 11.6 Å². The molecule has 1 aromatic carbocycles. The molecule has 0 spiro atoms. The van der Waals surface area contributed by atoms with E-state index in [9.17, 15) is 4.39 Å². The molecular formula is C12H15ClFN. The smallest absolute Gasteiger partial charge is 0.124 e. The molecule has 3 heteroatoms. The van der Waals surface area contributed by atoms with Crippen LogP contribution in [0, 0.1) is 11.7 Å². The van der Waals surface area contributed by atoms with Gasteiger partial charge < -0.3 is 5.32 Å². The molecule has 0 aliphatic heterocycles. The number of benzene rings is 1. The summed E-state index contributed by atoms with van der Waals surface area (Å²) >= 11 is 5.93. The molecular weight excluding hydrogens is 213 g/mol. The molecule has 1 nitrogen and oxygen atoms in total. The van der Waals surface area contributed by atoms with Gasteiger partial charge in [-0.15, -0.1) is 0 Å². The van der Waals surface area contributed by atoms with Crippen LogP contribution in [0.25, 0.3) is 0 Å². The third-order valence-electron chi connectivity index (χ3n) is 2.96. The molecule has 0 heterocycles. The fourth-order valence-electron chi connectivity index (χ4n) is 1.70. The molecule has 1 aromatic rings.